The minimum Gasteiger partial charge on any atom is -0.369 e. The molecule has 26 heavy (non-hydrogen) atoms. The molecule has 1 aliphatic heterocycles. The first kappa shape index (κ1) is 17.9. The molecule has 1 atom stereocenters. The van der Waals surface area contributed by atoms with Gasteiger partial charge in [-0.05, 0) is 43.0 Å². The first-order valence-corrected chi connectivity index (χ1v) is 8.86. The molecule has 3 rings (SSSR count). The van der Waals surface area contributed by atoms with Gasteiger partial charge < -0.3 is 16.0 Å². The molecule has 3 amide bonds. The van der Waals surface area contributed by atoms with Gasteiger partial charge in [-0.3, -0.25) is 9.78 Å². The van der Waals surface area contributed by atoms with Gasteiger partial charge in [0.2, 0.25) is 5.91 Å². The number of hydrogen-bond donors (Lipinski definition) is 2. The van der Waals surface area contributed by atoms with E-state index in [1.165, 1.54) is 5.56 Å². The first-order chi connectivity index (χ1) is 12.5. The van der Waals surface area contributed by atoms with Crippen LogP contribution < -0.4 is 11.1 Å². The predicted octanol–water partition coefficient (Wildman–Crippen LogP) is 2.39. The Bertz CT molecular complexity index is 753. The summed E-state index contributed by atoms with van der Waals surface area (Å²) in [6.07, 6.45) is 4.68. The number of carbonyl (C=O) groups is 2. The Kier molecular flexibility index (Phi) is 5.51. The Labute approximate surface area is 153 Å². The highest BCUT2D eigenvalue weighted by Gasteiger charge is 2.27. The number of likely N-dealkylation sites (tertiary alicyclic amines) is 1. The van der Waals surface area contributed by atoms with E-state index in [0.717, 1.165) is 11.1 Å². The lowest BCUT2D eigenvalue weighted by atomic mass is 9.96. The lowest BCUT2D eigenvalue weighted by Gasteiger charge is -2.32. The Morgan fingerprint density at radius 2 is 1.65 bits per heavy atom. The summed E-state index contributed by atoms with van der Waals surface area (Å²) < 4.78 is 0. The van der Waals surface area contributed by atoms with Crippen molar-refractivity contribution in [1.29, 1.82) is 0 Å². The second-order valence-electron chi connectivity index (χ2n) is 6.74. The highest BCUT2D eigenvalue weighted by molar-refractivity contribution is 5.78. The molecule has 0 bridgehead atoms. The van der Waals surface area contributed by atoms with Crippen LogP contribution in [0.25, 0.3) is 0 Å². The zero-order valence-corrected chi connectivity index (χ0v) is 14.9. The zero-order chi connectivity index (χ0) is 18.5. The van der Waals surface area contributed by atoms with Gasteiger partial charge in [-0.2, -0.15) is 0 Å². The number of rotatable bonds is 4. The topological polar surface area (TPSA) is 88.3 Å². The van der Waals surface area contributed by atoms with Gasteiger partial charge in [0.15, 0.2) is 0 Å². The minimum atomic E-state index is -0.278. The molecule has 0 spiro atoms. The summed E-state index contributed by atoms with van der Waals surface area (Å²) >= 11 is 0. The third-order valence-electron chi connectivity index (χ3n) is 4.90. The van der Waals surface area contributed by atoms with E-state index in [0.29, 0.717) is 25.9 Å². The van der Waals surface area contributed by atoms with Crippen molar-refractivity contribution in [3.8, 4) is 0 Å². The fraction of sp³-hybridized carbons (Fsp3) is 0.350. The lowest BCUT2D eigenvalue weighted by Crippen LogP contribution is -2.47. The molecule has 6 nitrogen and oxygen atoms in total. The number of hydrogen-bond acceptors (Lipinski definition) is 3. The standard InChI is InChI=1S/C20H24N4O2/c1-14-2-4-15(5-3-14)18(16-6-10-22-11-7-16)23-20(26)24-12-8-17(9-13-24)19(21)25/h2-7,10-11,17-18H,8-9,12-13H2,1H3,(H2,21,25)(H,23,26)/t18-/m1/s1. The number of aryl methyl sites for hydroxylation is 1. The van der Waals surface area contributed by atoms with Crippen LogP contribution in [0.5, 0.6) is 0 Å². The van der Waals surface area contributed by atoms with Crippen LogP contribution in [0, 0.1) is 12.8 Å². The van der Waals surface area contributed by atoms with E-state index in [4.69, 9.17) is 5.73 Å². The first-order valence-electron chi connectivity index (χ1n) is 8.86. The number of piperidine rings is 1. The molecule has 1 saturated heterocycles. The molecule has 1 aromatic heterocycles. The summed E-state index contributed by atoms with van der Waals surface area (Å²) in [6, 6.07) is 11.6. The summed E-state index contributed by atoms with van der Waals surface area (Å²) in [5.41, 5.74) is 8.53. The summed E-state index contributed by atoms with van der Waals surface area (Å²) in [7, 11) is 0. The van der Waals surface area contributed by atoms with Crippen LogP contribution in [0.4, 0.5) is 4.79 Å². The monoisotopic (exact) mass is 352 g/mol. The maximum absolute atomic E-state index is 12.8. The third kappa shape index (κ3) is 4.20. The number of pyridine rings is 1. The summed E-state index contributed by atoms with van der Waals surface area (Å²) in [4.78, 5) is 29.9. The molecular weight excluding hydrogens is 328 g/mol. The van der Waals surface area contributed by atoms with Crippen molar-refractivity contribution in [1.82, 2.24) is 15.2 Å². The van der Waals surface area contributed by atoms with Crippen molar-refractivity contribution >= 4 is 11.9 Å². The predicted molar refractivity (Wildman–Crippen MR) is 99.3 cm³/mol. The van der Waals surface area contributed by atoms with Gasteiger partial charge >= 0.3 is 6.03 Å². The molecule has 6 heteroatoms. The molecule has 0 radical (unpaired) electrons. The van der Waals surface area contributed by atoms with Crippen LogP contribution in [0.3, 0.4) is 0 Å². The summed E-state index contributed by atoms with van der Waals surface area (Å²) in [5, 5.41) is 3.13. The van der Waals surface area contributed by atoms with Gasteiger partial charge in [-0.1, -0.05) is 29.8 Å². The number of carbonyl (C=O) groups excluding carboxylic acids is 2. The van der Waals surface area contributed by atoms with E-state index < -0.39 is 0 Å². The Morgan fingerprint density at radius 3 is 2.23 bits per heavy atom. The van der Waals surface area contributed by atoms with E-state index in [2.05, 4.69) is 10.3 Å². The zero-order valence-electron chi connectivity index (χ0n) is 14.9. The van der Waals surface area contributed by atoms with Crippen molar-refractivity contribution in [3.05, 3.63) is 65.5 Å². The van der Waals surface area contributed by atoms with E-state index >= 15 is 0 Å². The van der Waals surface area contributed by atoms with Crippen LogP contribution in [0.15, 0.2) is 48.8 Å². The lowest BCUT2D eigenvalue weighted by molar-refractivity contribution is -0.123. The molecule has 0 unspecified atom stereocenters. The van der Waals surface area contributed by atoms with Crippen LogP contribution in [-0.4, -0.2) is 34.9 Å². The molecule has 0 saturated carbocycles. The smallest absolute Gasteiger partial charge is 0.318 e. The normalized spacial score (nSPS) is 16.1. The average molecular weight is 352 g/mol. The molecule has 1 aliphatic rings. The van der Waals surface area contributed by atoms with Crippen molar-refractivity contribution in [3.63, 3.8) is 0 Å². The van der Waals surface area contributed by atoms with Gasteiger partial charge in [0.05, 0.1) is 6.04 Å². The second kappa shape index (κ2) is 7.99. The number of urea groups is 1. The van der Waals surface area contributed by atoms with Crippen molar-refractivity contribution < 1.29 is 9.59 Å². The van der Waals surface area contributed by atoms with Crippen molar-refractivity contribution in [2.75, 3.05) is 13.1 Å². The number of primary amides is 1. The summed E-state index contributed by atoms with van der Waals surface area (Å²) in [6.45, 7) is 3.11. The van der Waals surface area contributed by atoms with Gasteiger partial charge in [0.25, 0.3) is 0 Å². The number of nitrogens with two attached hydrogens (primary N) is 1. The number of benzene rings is 1. The number of amides is 3. The molecule has 1 fully saturated rings. The van der Waals surface area contributed by atoms with E-state index in [1.807, 2.05) is 43.3 Å². The number of nitrogens with one attached hydrogen (secondary N) is 1. The molecule has 2 heterocycles. The van der Waals surface area contributed by atoms with E-state index in [9.17, 15) is 9.59 Å². The number of aromatic nitrogens is 1. The Balaban J connectivity index is 1.75. The van der Waals surface area contributed by atoms with Gasteiger partial charge in [-0.25, -0.2) is 4.79 Å². The van der Waals surface area contributed by atoms with Gasteiger partial charge in [0.1, 0.15) is 0 Å². The molecular formula is C20H24N4O2. The minimum absolute atomic E-state index is 0.129. The molecule has 136 valence electrons. The second-order valence-corrected chi connectivity index (χ2v) is 6.74. The highest BCUT2D eigenvalue weighted by Crippen LogP contribution is 2.23. The average Bonchev–Trinajstić information content (AvgIpc) is 2.67. The molecule has 0 aliphatic carbocycles. The third-order valence-corrected chi connectivity index (χ3v) is 4.90. The van der Waals surface area contributed by atoms with Crippen molar-refractivity contribution in [2.24, 2.45) is 11.7 Å². The van der Waals surface area contributed by atoms with Crippen LogP contribution in [0.1, 0.15) is 35.6 Å². The van der Waals surface area contributed by atoms with Crippen LogP contribution in [0.2, 0.25) is 0 Å². The highest BCUT2D eigenvalue weighted by atomic mass is 16.2. The largest absolute Gasteiger partial charge is 0.369 e. The SMILES string of the molecule is Cc1ccc([C@@H](NC(=O)N2CCC(C(N)=O)CC2)c2ccncc2)cc1. The maximum atomic E-state index is 12.8. The van der Waals surface area contributed by atoms with Gasteiger partial charge in [-0.15, -0.1) is 0 Å². The summed E-state index contributed by atoms with van der Waals surface area (Å²) in [5.74, 6) is -0.411. The maximum Gasteiger partial charge on any atom is 0.318 e. The quantitative estimate of drug-likeness (QED) is 0.885. The number of nitrogens with zero attached hydrogens (tertiary/aromatic N) is 2. The molecule has 3 N–H and O–H groups in total. The molecule has 1 aromatic carbocycles. The van der Waals surface area contributed by atoms with E-state index in [1.54, 1.807) is 17.3 Å². The molecule has 2 aromatic rings. The fourth-order valence-electron chi connectivity index (χ4n) is 3.26. The van der Waals surface area contributed by atoms with Crippen molar-refractivity contribution in [2.45, 2.75) is 25.8 Å². The Morgan fingerprint density at radius 1 is 1.08 bits per heavy atom. The van der Waals surface area contributed by atoms with E-state index in [-0.39, 0.29) is 23.9 Å². The Hall–Kier alpha value is -2.89. The van der Waals surface area contributed by atoms with Gasteiger partial charge in [0, 0.05) is 31.4 Å². The fourth-order valence-corrected chi connectivity index (χ4v) is 3.26. The van der Waals surface area contributed by atoms with Crippen LogP contribution >= 0.6 is 0 Å². The van der Waals surface area contributed by atoms with Crippen LogP contribution in [-0.2, 0) is 4.79 Å².